The zero-order valence-corrected chi connectivity index (χ0v) is 10.6. The highest BCUT2D eigenvalue weighted by atomic mass is 32.2. The lowest BCUT2D eigenvalue weighted by Crippen LogP contribution is -2.26. The van der Waals surface area contributed by atoms with Crippen LogP contribution in [0.25, 0.3) is 0 Å². The van der Waals surface area contributed by atoms with Crippen LogP contribution in [0.2, 0.25) is 0 Å². The Hall–Kier alpha value is -1.40. The van der Waals surface area contributed by atoms with Gasteiger partial charge in [0.2, 0.25) is 10.0 Å². The number of hydrogen-bond donors (Lipinski definition) is 1. The Kier molecular flexibility index (Phi) is 4.25. The molecule has 0 bridgehead atoms. The first-order chi connectivity index (χ1) is 7.83. The van der Waals surface area contributed by atoms with E-state index in [4.69, 9.17) is 5.11 Å². The van der Waals surface area contributed by atoms with Gasteiger partial charge in [-0.3, -0.25) is 0 Å². The van der Waals surface area contributed by atoms with Crippen LogP contribution in [0, 0.1) is 0 Å². The number of carboxylic acids is 1. The maximum absolute atomic E-state index is 11.5. The number of carbonyl (C=O) groups is 1. The highest BCUT2D eigenvalue weighted by Crippen LogP contribution is 2.07. The fourth-order valence-electron chi connectivity index (χ4n) is 1.24. The summed E-state index contributed by atoms with van der Waals surface area (Å²) in [7, 11) is -0.228. The van der Waals surface area contributed by atoms with Crippen molar-refractivity contribution in [1.29, 1.82) is 0 Å². The molecule has 0 saturated carbocycles. The molecule has 17 heavy (non-hydrogen) atoms. The Bertz CT molecular complexity index is 491. The molecule has 0 fully saturated rings. The van der Waals surface area contributed by atoms with Gasteiger partial charge in [0, 0.05) is 14.1 Å². The van der Waals surface area contributed by atoms with Crippen LogP contribution in [-0.4, -0.2) is 43.6 Å². The van der Waals surface area contributed by atoms with Crippen molar-refractivity contribution < 1.29 is 18.3 Å². The first kappa shape index (κ1) is 13.7. The van der Waals surface area contributed by atoms with Gasteiger partial charge in [-0.05, 0) is 24.1 Å². The summed E-state index contributed by atoms with van der Waals surface area (Å²) >= 11 is 0. The third-order valence-electron chi connectivity index (χ3n) is 2.41. The Morgan fingerprint density at radius 2 is 1.76 bits per heavy atom. The number of carboxylic acid groups (broad SMARTS) is 1. The van der Waals surface area contributed by atoms with E-state index < -0.39 is 16.0 Å². The van der Waals surface area contributed by atoms with E-state index in [0.29, 0.717) is 6.42 Å². The lowest BCUT2D eigenvalue weighted by molar-refractivity contribution is 0.0697. The van der Waals surface area contributed by atoms with Crippen LogP contribution in [0.15, 0.2) is 24.3 Å². The van der Waals surface area contributed by atoms with Crippen molar-refractivity contribution in [2.24, 2.45) is 0 Å². The minimum atomic E-state index is -3.21. The van der Waals surface area contributed by atoms with Gasteiger partial charge in [-0.1, -0.05) is 12.1 Å². The van der Waals surface area contributed by atoms with Crippen molar-refractivity contribution in [3.63, 3.8) is 0 Å². The summed E-state index contributed by atoms with van der Waals surface area (Å²) in [5, 5.41) is 8.71. The molecule has 94 valence electrons. The Balaban J connectivity index is 2.68. The van der Waals surface area contributed by atoms with Gasteiger partial charge in [0.15, 0.2) is 0 Å². The Labute approximate surface area is 101 Å². The van der Waals surface area contributed by atoms with Crippen LogP contribution < -0.4 is 0 Å². The molecule has 0 aromatic heterocycles. The van der Waals surface area contributed by atoms with E-state index in [9.17, 15) is 13.2 Å². The zero-order chi connectivity index (χ0) is 13.1. The average Bonchev–Trinajstić information content (AvgIpc) is 2.27. The van der Waals surface area contributed by atoms with Gasteiger partial charge < -0.3 is 5.11 Å². The topological polar surface area (TPSA) is 74.7 Å². The molecule has 0 aliphatic carbocycles. The monoisotopic (exact) mass is 257 g/mol. The number of sulfonamides is 1. The molecule has 1 N–H and O–H groups in total. The third kappa shape index (κ3) is 3.83. The molecule has 1 aromatic carbocycles. The van der Waals surface area contributed by atoms with Gasteiger partial charge in [-0.15, -0.1) is 0 Å². The van der Waals surface area contributed by atoms with Crippen LogP contribution in [0.4, 0.5) is 0 Å². The summed E-state index contributed by atoms with van der Waals surface area (Å²) < 4.78 is 24.2. The summed E-state index contributed by atoms with van der Waals surface area (Å²) in [6, 6.07) is 6.21. The highest BCUT2D eigenvalue weighted by Gasteiger charge is 2.13. The third-order valence-corrected chi connectivity index (χ3v) is 4.24. The van der Waals surface area contributed by atoms with E-state index in [1.165, 1.54) is 30.5 Å². The molecule has 0 saturated heterocycles. The molecule has 0 aliphatic heterocycles. The van der Waals surface area contributed by atoms with E-state index in [0.717, 1.165) is 5.56 Å². The Morgan fingerprint density at radius 3 is 2.18 bits per heavy atom. The van der Waals surface area contributed by atoms with Crippen LogP contribution in [-0.2, 0) is 16.4 Å². The van der Waals surface area contributed by atoms with E-state index in [2.05, 4.69) is 0 Å². The second kappa shape index (κ2) is 5.29. The quantitative estimate of drug-likeness (QED) is 0.847. The number of hydrogen-bond acceptors (Lipinski definition) is 3. The van der Waals surface area contributed by atoms with E-state index in [-0.39, 0.29) is 11.3 Å². The average molecular weight is 257 g/mol. The van der Waals surface area contributed by atoms with Gasteiger partial charge in [-0.2, -0.15) is 0 Å². The number of aromatic carboxylic acids is 1. The minimum Gasteiger partial charge on any atom is -0.478 e. The fraction of sp³-hybridized carbons (Fsp3) is 0.364. The van der Waals surface area contributed by atoms with E-state index in [1.807, 2.05) is 0 Å². The Morgan fingerprint density at radius 1 is 1.24 bits per heavy atom. The standard InChI is InChI=1S/C11H15NO4S/c1-12(2)17(15,16)8-7-9-3-5-10(6-4-9)11(13)14/h3-6H,7-8H2,1-2H3,(H,13,14). The van der Waals surface area contributed by atoms with E-state index in [1.54, 1.807) is 12.1 Å². The maximum atomic E-state index is 11.5. The van der Waals surface area contributed by atoms with Gasteiger partial charge in [0.1, 0.15) is 0 Å². The van der Waals surface area contributed by atoms with Gasteiger partial charge in [-0.25, -0.2) is 17.5 Å². The highest BCUT2D eigenvalue weighted by molar-refractivity contribution is 7.89. The summed E-state index contributed by atoms with van der Waals surface area (Å²) in [6.07, 6.45) is 0.375. The maximum Gasteiger partial charge on any atom is 0.335 e. The summed E-state index contributed by atoms with van der Waals surface area (Å²) in [5.74, 6) is -0.968. The van der Waals surface area contributed by atoms with Crippen molar-refractivity contribution in [2.75, 3.05) is 19.8 Å². The van der Waals surface area contributed by atoms with Gasteiger partial charge >= 0.3 is 5.97 Å². The van der Waals surface area contributed by atoms with Crippen molar-refractivity contribution in [1.82, 2.24) is 4.31 Å². The van der Waals surface area contributed by atoms with Crippen molar-refractivity contribution in [3.8, 4) is 0 Å². The second-order valence-corrected chi connectivity index (χ2v) is 6.15. The predicted octanol–water partition coefficient (Wildman–Crippen LogP) is 0.819. The van der Waals surface area contributed by atoms with Crippen molar-refractivity contribution >= 4 is 16.0 Å². The number of benzene rings is 1. The normalized spacial score (nSPS) is 11.7. The van der Waals surface area contributed by atoms with Crippen LogP contribution in [0.5, 0.6) is 0 Å². The van der Waals surface area contributed by atoms with Gasteiger partial charge in [0.05, 0.1) is 11.3 Å². The minimum absolute atomic E-state index is 0.0203. The molecule has 0 aliphatic rings. The molecule has 0 heterocycles. The molecule has 5 nitrogen and oxygen atoms in total. The first-order valence-electron chi connectivity index (χ1n) is 5.05. The molecule has 6 heteroatoms. The molecule has 1 aromatic rings. The van der Waals surface area contributed by atoms with Crippen molar-refractivity contribution in [3.05, 3.63) is 35.4 Å². The molecular formula is C11H15NO4S. The van der Waals surface area contributed by atoms with Gasteiger partial charge in [0.25, 0.3) is 0 Å². The molecular weight excluding hydrogens is 242 g/mol. The second-order valence-electron chi connectivity index (χ2n) is 3.85. The molecule has 0 amide bonds. The summed E-state index contributed by atoms with van der Waals surface area (Å²) in [5.41, 5.74) is 1.00. The lowest BCUT2D eigenvalue weighted by Gasteiger charge is -2.10. The molecule has 1 rings (SSSR count). The molecule has 0 spiro atoms. The fourth-order valence-corrected chi connectivity index (χ4v) is 2.10. The van der Waals surface area contributed by atoms with Crippen LogP contribution in [0.1, 0.15) is 15.9 Å². The zero-order valence-electron chi connectivity index (χ0n) is 9.75. The summed E-state index contributed by atoms with van der Waals surface area (Å²) in [4.78, 5) is 10.6. The van der Waals surface area contributed by atoms with E-state index >= 15 is 0 Å². The smallest absolute Gasteiger partial charge is 0.335 e. The summed E-state index contributed by atoms with van der Waals surface area (Å²) in [6.45, 7) is 0. The molecule has 0 unspecified atom stereocenters. The number of nitrogens with zero attached hydrogens (tertiary/aromatic N) is 1. The first-order valence-corrected chi connectivity index (χ1v) is 6.66. The SMILES string of the molecule is CN(C)S(=O)(=O)CCc1ccc(C(=O)O)cc1. The number of rotatable bonds is 5. The molecule has 0 atom stereocenters. The van der Waals surface area contributed by atoms with Crippen molar-refractivity contribution in [2.45, 2.75) is 6.42 Å². The lowest BCUT2D eigenvalue weighted by atomic mass is 10.1. The van der Waals surface area contributed by atoms with Crippen LogP contribution in [0.3, 0.4) is 0 Å². The predicted molar refractivity (Wildman–Crippen MR) is 64.6 cm³/mol. The molecule has 0 radical (unpaired) electrons. The number of aryl methyl sites for hydroxylation is 1. The largest absolute Gasteiger partial charge is 0.478 e. The van der Waals surface area contributed by atoms with Crippen LogP contribution >= 0.6 is 0 Å².